The van der Waals surface area contributed by atoms with Gasteiger partial charge in [-0.3, -0.25) is 9.59 Å². The minimum atomic E-state index is -0.604. The van der Waals surface area contributed by atoms with E-state index in [0.717, 1.165) is 18.8 Å². The molecule has 0 aromatic heterocycles. The number of anilines is 1. The second kappa shape index (κ2) is 8.96. The van der Waals surface area contributed by atoms with Crippen LogP contribution in [-0.2, 0) is 9.59 Å². The molecule has 8 heteroatoms. The fraction of sp³-hybridized carbons (Fsp3) is 0.467. The topological polar surface area (TPSA) is 78.7 Å². The van der Waals surface area contributed by atoms with E-state index in [-0.39, 0.29) is 30.8 Å². The van der Waals surface area contributed by atoms with Gasteiger partial charge in [0, 0.05) is 36.9 Å². The standard InChI is InChI=1S/C15H21ClN4O2.ClH/c1-11(17)15(22)18-10-14(21)20-7-5-19(6-8-20)13-4-2-3-12(16)9-13;/h2-4,9,11H,5-8,10,17H2,1H3,(H,18,22);1H. The lowest BCUT2D eigenvalue weighted by atomic mass is 10.2. The molecule has 1 aliphatic rings. The SMILES string of the molecule is CC(N)C(=O)NCC(=O)N1CCN(c2cccc(Cl)c2)CC1.Cl. The predicted octanol–water partition coefficient (Wildman–Crippen LogP) is 0.874. The zero-order valence-electron chi connectivity index (χ0n) is 13.0. The molecule has 1 unspecified atom stereocenters. The van der Waals surface area contributed by atoms with Gasteiger partial charge in [0.15, 0.2) is 0 Å². The number of amides is 2. The molecule has 1 aromatic carbocycles. The monoisotopic (exact) mass is 360 g/mol. The third-order valence-corrected chi connectivity index (χ3v) is 3.87. The lowest BCUT2D eigenvalue weighted by Crippen LogP contribution is -2.52. The molecule has 2 amide bonds. The maximum absolute atomic E-state index is 12.1. The van der Waals surface area contributed by atoms with Crippen LogP contribution >= 0.6 is 24.0 Å². The molecule has 23 heavy (non-hydrogen) atoms. The largest absolute Gasteiger partial charge is 0.368 e. The van der Waals surface area contributed by atoms with E-state index in [4.69, 9.17) is 17.3 Å². The lowest BCUT2D eigenvalue weighted by Gasteiger charge is -2.36. The van der Waals surface area contributed by atoms with Crippen molar-refractivity contribution in [3.8, 4) is 0 Å². The molecule has 0 aliphatic carbocycles. The first-order valence-corrected chi connectivity index (χ1v) is 7.67. The first-order chi connectivity index (χ1) is 10.5. The van der Waals surface area contributed by atoms with E-state index >= 15 is 0 Å². The lowest BCUT2D eigenvalue weighted by molar-refractivity contribution is -0.133. The molecule has 1 fully saturated rings. The third-order valence-electron chi connectivity index (χ3n) is 3.63. The molecular formula is C15H22Cl2N4O2. The van der Waals surface area contributed by atoms with Gasteiger partial charge in [0.25, 0.3) is 0 Å². The molecule has 128 valence electrons. The molecule has 1 aliphatic heterocycles. The third kappa shape index (κ3) is 5.57. The first-order valence-electron chi connectivity index (χ1n) is 7.29. The van der Waals surface area contributed by atoms with E-state index < -0.39 is 6.04 Å². The van der Waals surface area contributed by atoms with Crippen molar-refractivity contribution < 1.29 is 9.59 Å². The van der Waals surface area contributed by atoms with Gasteiger partial charge < -0.3 is 20.9 Å². The summed E-state index contributed by atoms with van der Waals surface area (Å²) in [5, 5.41) is 3.25. The normalized spacial score (nSPS) is 15.6. The van der Waals surface area contributed by atoms with Crippen molar-refractivity contribution in [3.63, 3.8) is 0 Å². The van der Waals surface area contributed by atoms with E-state index in [9.17, 15) is 9.59 Å². The van der Waals surface area contributed by atoms with Crippen molar-refractivity contribution in [2.45, 2.75) is 13.0 Å². The number of hydrogen-bond acceptors (Lipinski definition) is 4. The second-order valence-corrected chi connectivity index (χ2v) is 5.79. The van der Waals surface area contributed by atoms with E-state index in [1.54, 1.807) is 11.8 Å². The summed E-state index contributed by atoms with van der Waals surface area (Å²) in [6.07, 6.45) is 0. The van der Waals surface area contributed by atoms with Crippen LogP contribution in [-0.4, -0.2) is 55.5 Å². The average molecular weight is 361 g/mol. The number of nitrogens with zero attached hydrogens (tertiary/aromatic N) is 2. The van der Waals surface area contributed by atoms with Gasteiger partial charge in [-0.05, 0) is 25.1 Å². The Morgan fingerprint density at radius 2 is 1.96 bits per heavy atom. The Kier molecular flexibility index (Phi) is 7.61. The number of carbonyl (C=O) groups is 2. The quantitative estimate of drug-likeness (QED) is 0.834. The maximum Gasteiger partial charge on any atom is 0.242 e. The number of nitrogens with two attached hydrogens (primary N) is 1. The number of rotatable bonds is 4. The van der Waals surface area contributed by atoms with Gasteiger partial charge in [-0.15, -0.1) is 12.4 Å². The van der Waals surface area contributed by atoms with Crippen LogP contribution in [0.5, 0.6) is 0 Å². The van der Waals surface area contributed by atoms with Gasteiger partial charge in [-0.25, -0.2) is 0 Å². The summed E-state index contributed by atoms with van der Waals surface area (Å²) >= 11 is 6.00. The Morgan fingerprint density at radius 1 is 1.30 bits per heavy atom. The highest BCUT2D eigenvalue weighted by Crippen LogP contribution is 2.20. The fourth-order valence-electron chi connectivity index (χ4n) is 2.32. The van der Waals surface area contributed by atoms with Gasteiger partial charge >= 0.3 is 0 Å². The zero-order chi connectivity index (χ0) is 16.1. The maximum atomic E-state index is 12.1. The second-order valence-electron chi connectivity index (χ2n) is 5.35. The van der Waals surface area contributed by atoms with Crippen LogP contribution in [0, 0.1) is 0 Å². The Hall–Kier alpha value is -1.50. The van der Waals surface area contributed by atoms with E-state index in [0.29, 0.717) is 18.1 Å². The van der Waals surface area contributed by atoms with E-state index in [1.807, 2.05) is 24.3 Å². The van der Waals surface area contributed by atoms with Crippen LogP contribution in [0.15, 0.2) is 24.3 Å². The van der Waals surface area contributed by atoms with Crippen LogP contribution in [0.1, 0.15) is 6.92 Å². The summed E-state index contributed by atoms with van der Waals surface area (Å²) in [6, 6.07) is 7.08. The van der Waals surface area contributed by atoms with Crippen LogP contribution in [0.2, 0.25) is 5.02 Å². The highest BCUT2D eigenvalue weighted by Gasteiger charge is 2.21. The molecule has 0 spiro atoms. The highest BCUT2D eigenvalue weighted by molar-refractivity contribution is 6.30. The van der Waals surface area contributed by atoms with E-state index in [2.05, 4.69) is 10.2 Å². The number of hydrogen-bond donors (Lipinski definition) is 2. The summed E-state index contributed by atoms with van der Waals surface area (Å²) in [5.41, 5.74) is 6.50. The molecule has 1 heterocycles. The molecule has 0 radical (unpaired) electrons. The van der Waals surface area contributed by atoms with Crippen molar-refractivity contribution in [1.82, 2.24) is 10.2 Å². The Balaban J connectivity index is 0.00000264. The number of halogens is 2. The van der Waals surface area contributed by atoms with Crippen molar-refractivity contribution in [1.29, 1.82) is 0 Å². The molecular weight excluding hydrogens is 339 g/mol. The minimum absolute atomic E-state index is 0. The van der Waals surface area contributed by atoms with Crippen LogP contribution in [0.3, 0.4) is 0 Å². The Labute approximate surface area is 147 Å². The summed E-state index contributed by atoms with van der Waals surface area (Å²) in [5.74, 6) is -0.398. The van der Waals surface area contributed by atoms with Crippen molar-refractivity contribution in [2.24, 2.45) is 5.73 Å². The first kappa shape index (κ1) is 19.5. The molecule has 6 nitrogen and oxygen atoms in total. The highest BCUT2D eigenvalue weighted by atomic mass is 35.5. The molecule has 1 aromatic rings. The van der Waals surface area contributed by atoms with Crippen molar-refractivity contribution in [2.75, 3.05) is 37.6 Å². The average Bonchev–Trinajstić information content (AvgIpc) is 2.52. The van der Waals surface area contributed by atoms with Crippen LogP contribution < -0.4 is 16.0 Å². The number of benzene rings is 1. The van der Waals surface area contributed by atoms with Gasteiger partial charge in [-0.2, -0.15) is 0 Å². The molecule has 1 saturated heterocycles. The number of carbonyl (C=O) groups excluding carboxylic acids is 2. The van der Waals surface area contributed by atoms with Crippen molar-refractivity contribution >= 4 is 41.5 Å². The summed E-state index contributed by atoms with van der Waals surface area (Å²) < 4.78 is 0. The number of piperazine rings is 1. The molecule has 2 rings (SSSR count). The predicted molar refractivity (Wildman–Crippen MR) is 94.2 cm³/mol. The smallest absolute Gasteiger partial charge is 0.242 e. The van der Waals surface area contributed by atoms with Gasteiger partial charge in [0.1, 0.15) is 0 Å². The minimum Gasteiger partial charge on any atom is -0.368 e. The Bertz CT molecular complexity index is 546. The van der Waals surface area contributed by atoms with Gasteiger partial charge in [0.05, 0.1) is 12.6 Å². The molecule has 0 saturated carbocycles. The Morgan fingerprint density at radius 3 is 2.52 bits per heavy atom. The van der Waals surface area contributed by atoms with E-state index in [1.165, 1.54) is 0 Å². The number of nitrogens with one attached hydrogen (secondary N) is 1. The zero-order valence-corrected chi connectivity index (χ0v) is 14.6. The van der Waals surface area contributed by atoms with Gasteiger partial charge in [-0.1, -0.05) is 17.7 Å². The summed E-state index contributed by atoms with van der Waals surface area (Å²) in [7, 11) is 0. The van der Waals surface area contributed by atoms with Crippen molar-refractivity contribution in [3.05, 3.63) is 29.3 Å². The van der Waals surface area contributed by atoms with Crippen LogP contribution in [0.25, 0.3) is 0 Å². The molecule has 0 bridgehead atoms. The molecule has 3 N–H and O–H groups in total. The molecule has 1 atom stereocenters. The summed E-state index contributed by atoms with van der Waals surface area (Å²) in [4.78, 5) is 27.4. The van der Waals surface area contributed by atoms with Crippen LogP contribution in [0.4, 0.5) is 5.69 Å². The summed E-state index contributed by atoms with van der Waals surface area (Å²) in [6.45, 7) is 4.32. The van der Waals surface area contributed by atoms with Gasteiger partial charge in [0.2, 0.25) is 11.8 Å². The fourth-order valence-corrected chi connectivity index (χ4v) is 2.51.